The summed E-state index contributed by atoms with van der Waals surface area (Å²) in [7, 11) is 0. The summed E-state index contributed by atoms with van der Waals surface area (Å²) in [5, 5.41) is 13.9. The van der Waals surface area contributed by atoms with Gasteiger partial charge in [0.05, 0.1) is 0 Å². The third-order valence-corrected chi connectivity index (χ3v) is 28.3. The first-order chi connectivity index (χ1) is 36.8. The third-order valence-electron chi connectivity index (χ3n) is 12.6. The number of hydrogen-bond donors (Lipinski definition) is 5. The second kappa shape index (κ2) is 33.5. The molecule has 2 rings (SSSR count). The molecule has 17 nitrogen and oxygen atoms in total. The predicted molar refractivity (Wildman–Crippen MR) is 312 cm³/mol. The molecule has 2 aromatic carbocycles. The maximum absolute atomic E-state index is 14.4. The van der Waals surface area contributed by atoms with Gasteiger partial charge in [-0.15, -0.1) is 0 Å². The summed E-state index contributed by atoms with van der Waals surface area (Å²) >= 11 is -2.81. The average molecular weight is 1210 g/mol. The van der Waals surface area contributed by atoms with Crippen LogP contribution in [-0.4, -0.2) is 119 Å². The van der Waals surface area contributed by atoms with Crippen LogP contribution in [0.25, 0.3) is 0 Å². The average Bonchev–Trinajstić information content (AvgIpc) is 3.33. The van der Waals surface area contributed by atoms with Crippen LogP contribution in [0, 0.1) is 0 Å². The van der Waals surface area contributed by atoms with Gasteiger partial charge in [-0.2, -0.15) is 0 Å². The summed E-state index contributed by atoms with van der Waals surface area (Å²) in [5.41, 5.74) is -2.18. The van der Waals surface area contributed by atoms with Gasteiger partial charge in [-0.1, -0.05) is 30.3 Å². The van der Waals surface area contributed by atoms with Gasteiger partial charge < -0.3 is 24.8 Å². The van der Waals surface area contributed by atoms with Crippen LogP contribution in [0.1, 0.15) is 203 Å². The summed E-state index contributed by atoms with van der Waals surface area (Å²) < 4.78 is 27.4. The van der Waals surface area contributed by atoms with E-state index in [-0.39, 0.29) is 45.1 Å². The fraction of sp³-hybridized carbons (Fsp3) is 0.672. The zero-order chi connectivity index (χ0) is 59.6. The van der Waals surface area contributed by atoms with E-state index in [1.165, 1.54) is 36.2 Å². The van der Waals surface area contributed by atoms with Gasteiger partial charge in [0.25, 0.3) is 0 Å². The zero-order valence-corrected chi connectivity index (χ0v) is 53.5. The molecule has 0 saturated heterocycles. The molecule has 0 fully saturated rings. The fourth-order valence-corrected chi connectivity index (χ4v) is 24.8. The Morgan fingerprint density at radius 2 is 0.911 bits per heavy atom. The first-order valence-electron chi connectivity index (χ1n) is 28.8. The Labute approximate surface area is 476 Å². The van der Waals surface area contributed by atoms with Gasteiger partial charge >= 0.3 is 254 Å². The van der Waals surface area contributed by atoms with Crippen LogP contribution in [0.3, 0.4) is 0 Å². The molecule has 0 bridgehead atoms. The maximum atomic E-state index is 14.4. The normalized spacial score (nSPS) is 13.6. The molecule has 4 atom stereocenters. The summed E-state index contributed by atoms with van der Waals surface area (Å²) in [6, 6.07) is 11.5. The van der Waals surface area contributed by atoms with E-state index in [0.717, 1.165) is 24.8 Å². The van der Waals surface area contributed by atoms with Crippen molar-refractivity contribution in [1.82, 2.24) is 26.6 Å². The van der Waals surface area contributed by atoms with Crippen molar-refractivity contribution in [3.05, 3.63) is 65.7 Å². The monoisotopic (exact) mass is 1210 g/mol. The van der Waals surface area contributed by atoms with E-state index in [0.29, 0.717) is 18.4 Å². The molecular formula is C61H99N5O12Sn. The van der Waals surface area contributed by atoms with E-state index in [9.17, 15) is 38.4 Å². The van der Waals surface area contributed by atoms with Gasteiger partial charge in [0.1, 0.15) is 28.9 Å². The Bertz CT molecular complexity index is 2230. The van der Waals surface area contributed by atoms with Gasteiger partial charge in [0.2, 0.25) is 0 Å². The second-order valence-corrected chi connectivity index (χ2v) is 38.0. The second-order valence-electron chi connectivity index (χ2n) is 24.8. The number of carbonyl (C=O) groups is 8. The van der Waals surface area contributed by atoms with Crippen LogP contribution >= 0.6 is 0 Å². The number of ether oxygens (including phenoxy) is 4. The third kappa shape index (κ3) is 29.2. The number of rotatable bonds is 32. The SMILES string of the molecule is CCC[CH2][Sn]([CH2]CCC)([CH2]CCC)[c]1ccc(C(=O)N[C@@H](CCC(=O)OC(C)(C)C)C(=O)N[C@@H](Cc2ccccc2)C(=O)NCCCC[C@H](NC(=O)N[C@@H](CCC(=O)OC(C)(C)C)C(=O)OC(C)(C)C)C(=O)OC(C)(C)C)cc1. The molecular weight excluding hydrogens is 1110 g/mol. The van der Waals surface area contributed by atoms with Gasteiger partial charge in [-0.25, -0.2) is 14.4 Å². The first-order valence-corrected chi connectivity index (χ1v) is 36.3. The number of benzene rings is 2. The summed E-state index contributed by atoms with van der Waals surface area (Å²) in [6.07, 6.45) is 7.27. The van der Waals surface area contributed by atoms with E-state index in [4.69, 9.17) is 18.9 Å². The molecule has 0 aliphatic carbocycles. The zero-order valence-electron chi connectivity index (χ0n) is 50.6. The minimum atomic E-state index is -2.81. The van der Waals surface area contributed by atoms with Crippen LogP contribution in [0.5, 0.6) is 0 Å². The number of hydrogen-bond acceptors (Lipinski definition) is 12. The molecule has 2 aromatic rings. The van der Waals surface area contributed by atoms with E-state index in [2.05, 4.69) is 59.5 Å². The van der Waals surface area contributed by atoms with Crippen LogP contribution in [-0.2, 0) is 54.1 Å². The molecule has 5 amide bonds. The Balaban J connectivity index is 2.35. The molecule has 444 valence electrons. The van der Waals surface area contributed by atoms with Crippen molar-refractivity contribution in [2.45, 2.75) is 254 Å². The molecule has 0 aliphatic heterocycles. The van der Waals surface area contributed by atoms with Crippen molar-refractivity contribution in [1.29, 1.82) is 0 Å². The van der Waals surface area contributed by atoms with E-state index in [1.807, 2.05) is 42.5 Å². The fourth-order valence-electron chi connectivity index (χ4n) is 8.89. The topological polar surface area (TPSA) is 234 Å². The Kier molecular flexibility index (Phi) is 29.7. The van der Waals surface area contributed by atoms with Crippen LogP contribution in [0.2, 0.25) is 13.3 Å². The molecule has 0 spiro atoms. The van der Waals surface area contributed by atoms with Gasteiger partial charge in [0.15, 0.2) is 0 Å². The minimum absolute atomic E-state index is 0.0829. The van der Waals surface area contributed by atoms with Crippen LogP contribution < -0.4 is 30.2 Å². The molecule has 0 radical (unpaired) electrons. The molecule has 5 N–H and O–H groups in total. The number of amides is 5. The van der Waals surface area contributed by atoms with E-state index < -0.39 is 113 Å². The standard InChI is InChI=1S/C49H72N5O12.3C4H9.Sn/c1-46(2,3)63-38(55)28-26-34(51-40(57)33-23-17-14-18-24-33)42(59)52-37(31-32-21-15-13-16-22-32)41(58)50-30-20-19-25-35(43(60)65-48(7,8)9)53-45(62)54-36(44(61)66-49(10,11)12)27-29-39(56)64-47(4,5)6;3*1-3-4-2;/h13,15-18,21-24,34-37H,19-20,25-31H2,1-12H3,(H,50,58)(H,51,57)(H,52,59)(H2,53,54,62);3*1,3-4H2,2H3;/t34-,35-,36-,37-;;;;/m0..../s1. The Morgan fingerprint density at radius 3 is 1.35 bits per heavy atom. The summed E-state index contributed by atoms with van der Waals surface area (Å²) in [5.74, 6) is -4.23. The van der Waals surface area contributed by atoms with Crippen molar-refractivity contribution in [2.24, 2.45) is 0 Å². The molecule has 0 aromatic heterocycles. The molecule has 0 unspecified atom stereocenters. The molecule has 79 heavy (non-hydrogen) atoms. The summed E-state index contributed by atoms with van der Waals surface area (Å²) in [4.78, 5) is 108. The van der Waals surface area contributed by atoms with Gasteiger partial charge in [-0.05, 0) is 109 Å². The Hall–Kier alpha value is -5.20. The van der Waals surface area contributed by atoms with Gasteiger partial charge in [0, 0.05) is 13.0 Å². The molecule has 18 heteroatoms. The molecule has 0 heterocycles. The van der Waals surface area contributed by atoms with Crippen molar-refractivity contribution < 1.29 is 57.3 Å². The van der Waals surface area contributed by atoms with Crippen LogP contribution in [0.15, 0.2) is 54.6 Å². The van der Waals surface area contributed by atoms with Crippen molar-refractivity contribution in [3.8, 4) is 0 Å². The summed E-state index contributed by atoms with van der Waals surface area (Å²) in [6.45, 7) is 27.3. The van der Waals surface area contributed by atoms with E-state index >= 15 is 0 Å². The Morgan fingerprint density at radius 1 is 0.468 bits per heavy atom. The van der Waals surface area contributed by atoms with E-state index in [1.54, 1.807) is 83.1 Å². The molecule has 0 aliphatic rings. The van der Waals surface area contributed by atoms with Crippen LogP contribution in [0.4, 0.5) is 4.79 Å². The quantitative estimate of drug-likeness (QED) is 0.0199. The number of esters is 4. The number of carbonyl (C=O) groups excluding carboxylic acids is 8. The first kappa shape index (κ1) is 69.9. The number of urea groups is 1. The van der Waals surface area contributed by atoms with Crippen molar-refractivity contribution in [2.75, 3.05) is 6.54 Å². The predicted octanol–water partition coefficient (Wildman–Crippen LogP) is 9.82. The van der Waals surface area contributed by atoms with Gasteiger partial charge in [-0.3, -0.25) is 4.79 Å². The van der Waals surface area contributed by atoms with Crippen molar-refractivity contribution >= 4 is 69.6 Å². The molecule has 0 saturated carbocycles. The van der Waals surface area contributed by atoms with Crippen molar-refractivity contribution in [3.63, 3.8) is 0 Å². The number of nitrogens with one attached hydrogen (secondary N) is 5. The number of unbranched alkanes of at least 4 members (excludes halogenated alkanes) is 4.